The standard InChI is InChI=1S/C19H24N2O.ClH/c1-19(2,13-16-6-4-3-5-7-16)14-21-18(22)12-15-8-10-17(20)11-9-15;/h3-11H,12-14,20H2,1-2H3,(H,21,22);1H. The molecular weight excluding hydrogens is 308 g/mol. The van der Waals surface area contributed by atoms with E-state index in [0.717, 1.165) is 12.0 Å². The lowest BCUT2D eigenvalue weighted by Gasteiger charge is -2.25. The normalized spacial score (nSPS) is 10.7. The van der Waals surface area contributed by atoms with Crippen molar-refractivity contribution < 1.29 is 4.79 Å². The molecule has 1 amide bonds. The molecule has 3 nitrogen and oxygen atoms in total. The first-order chi connectivity index (χ1) is 10.4. The van der Waals surface area contributed by atoms with Crippen molar-refractivity contribution >= 4 is 24.0 Å². The van der Waals surface area contributed by atoms with Gasteiger partial charge in [0.15, 0.2) is 0 Å². The van der Waals surface area contributed by atoms with E-state index in [1.54, 1.807) is 0 Å². The van der Waals surface area contributed by atoms with Crippen LogP contribution in [0.2, 0.25) is 0 Å². The lowest BCUT2D eigenvalue weighted by atomic mass is 9.85. The number of hydrogen-bond acceptors (Lipinski definition) is 2. The van der Waals surface area contributed by atoms with Crippen LogP contribution >= 0.6 is 12.4 Å². The molecule has 0 bridgehead atoms. The van der Waals surface area contributed by atoms with Gasteiger partial charge in [-0.3, -0.25) is 4.79 Å². The molecule has 0 atom stereocenters. The zero-order valence-electron chi connectivity index (χ0n) is 13.7. The highest BCUT2D eigenvalue weighted by molar-refractivity contribution is 5.85. The van der Waals surface area contributed by atoms with E-state index in [9.17, 15) is 4.79 Å². The summed E-state index contributed by atoms with van der Waals surface area (Å²) >= 11 is 0. The Morgan fingerprint density at radius 3 is 2.22 bits per heavy atom. The van der Waals surface area contributed by atoms with Gasteiger partial charge in [0, 0.05) is 12.2 Å². The third-order valence-corrected chi connectivity index (χ3v) is 3.63. The summed E-state index contributed by atoms with van der Waals surface area (Å²) in [5, 5.41) is 3.04. The Morgan fingerprint density at radius 2 is 1.61 bits per heavy atom. The molecule has 2 aromatic carbocycles. The third kappa shape index (κ3) is 6.74. The number of halogens is 1. The van der Waals surface area contributed by atoms with Crippen LogP contribution in [-0.4, -0.2) is 12.5 Å². The van der Waals surface area contributed by atoms with Crippen molar-refractivity contribution in [2.24, 2.45) is 5.41 Å². The van der Waals surface area contributed by atoms with Crippen molar-refractivity contribution in [1.82, 2.24) is 5.32 Å². The second-order valence-corrected chi connectivity index (χ2v) is 6.52. The van der Waals surface area contributed by atoms with Gasteiger partial charge in [-0.2, -0.15) is 0 Å². The number of carbonyl (C=O) groups is 1. The quantitative estimate of drug-likeness (QED) is 0.794. The third-order valence-electron chi connectivity index (χ3n) is 3.63. The van der Waals surface area contributed by atoms with E-state index in [1.165, 1.54) is 5.56 Å². The number of anilines is 1. The van der Waals surface area contributed by atoms with Crippen LogP contribution < -0.4 is 11.1 Å². The van der Waals surface area contributed by atoms with E-state index < -0.39 is 0 Å². The summed E-state index contributed by atoms with van der Waals surface area (Å²) < 4.78 is 0. The van der Waals surface area contributed by atoms with Crippen molar-refractivity contribution in [2.75, 3.05) is 12.3 Å². The molecule has 124 valence electrons. The summed E-state index contributed by atoms with van der Waals surface area (Å²) in [5.41, 5.74) is 8.66. The van der Waals surface area contributed by atoms with Crippen LogP contribution in [0.5, 0.6) is 0 Å². The fourth-order valence-corrected chi connectivity index (χ4v) is 2.43. The Labute approximate surface area is 144 Å². The second-order valence-electron chi connectivity index (χ2n) is 6.52. The largest absolute Gasteiger partial charge is 0.399 e. The molecule has 3 N–H and O–H groups in total. The van der Waals surface area contributed by atoms with E-state index >= 15 is 0 Å². The molecule has 0 saturated heterocycles. The molecule has 0 unspecified atom stereocenters. The van der Waals surface area contributed by atoms with Gasteiger partial charge in [-0.15, -0.1) is 12.4 Å². The number of nitrogens with two attached hydrogens (primary N) is 1. The van der Waals surface area contributed by atoms with Crippen molar-refractivity contribution in [3.63, 3.8) is 0 Å². The fraction of sp³-hybridized carbons (Fsp3) is 0.316. The van der Waals surface area contributed by atoms with Crippen molar-refractivity contribution in [2.45, 2.75) is 26.7 Å². The molecule has 0 aliphatic heterocycles. The van der Waals surface area contributed by atoms with Gasteiger partial charge < -0.3 is 11.1 Å². The number of nitrogens with one attached hydrogen (secondary N) is 1. The van der Waals surface area contributed by atoms with Crippen LogP contribution in [0.3, 0.4) is 0 Å². The Hall–Kier alpha value is -2.00. The Kier molecular flexibility index (Phi) is 7.11. The molecule has 0 spiro atoms. The number of nitrogen functional groups attached to an aromatic ring is 1. The molecule has 2 aromatic rings. The summed E-state index contributed by atoms with van der Waals surface area (Å²) in [6, 6.07) is 17.8. The summed E-state index contributed by atoms with van der Waals surface area (Å²) in [4.78, 5) is 12.1. The van der Waals surface area contributed by atoms with E-state index in [2.05, 4.69) is 31.3 Å². The topological polar surface area (TPSA) is 55.1 Å². The molecule has 0 aliphatic carbocycles. The minimum absolute atomic E-state index is 0. The van der Waals surface area contributed by atoms with Gasteiger partial charge >= 0.3 is 0 Å². The number of carbonyl (C=O) groups excluding carboxylic acids is 1. The minimum Gasteiger partial charge on any atom is -0.399 e. The van der Waals surface area contributed by atoms with E-state index in [-0.39, 0.29) is 23.7 Å². The lowest BCUT2D eigenvalue weighted by Crippen LogP contribution is -2.36. The van der Waals surface area contributed by atoms with E-state index in [1.807, 2.05) is 42.5 Å². The predicted molar refractivity (Wildman–Crippen MR) is 98.7 cm³/mol. The Balaban J connectivity index is 0.00000264. The highest BCUT2D eigenvalue weighted by Crippen LogP contribution is 2.20. The van der Waals surface area contributed by atoms with E-state index in [4.69, 9.17) is 5.73 Å². The first kappa shape index (κ1) is 19.0. The first-order valence-corrected chi connectivity index (χ1v) is 7.60. The maximum absolute atomic E-state index is 12.1. The number of benzene rings is 2. The van der Waals surface area contributed by atoms with Gasteiger partial charge in [-0.25, -0.2) is 0 Å². The molecule has 23 heavy (non-hydrogen) atoms. The van der Waals surface area contributed by atoms with Crippen LogP contribution in [0, 0.1) is 5.41 Å². The maximum atomic E-state index is 12.1. The Morgan fingerprint density at radius 1 is 1.00 bits per heavy atom. The van der Waals surface area contributed by atoms with Crippen LogP contribution in [-0.2, 0) is 17.6 Å². The van der Waals surface area contributed by atoms with Gasteiger partial charge in [0.1, 0.15) is 0 Å². The molecular formula is C19H25ClN2O. The average molecular weight is 333 g/mol. The van der Waals surface area contributed by atoms with Crippen LogP contribution in [0.1, 0.15) is 25.0 Å². The zero-order chi connectivity index (χ0) is 16.0. The van der Waals surface area contributed by atoms with Gasteiger partial charge in [0.2, 0.25) is 5.91 Å². The van der Waals surface area contributed by atoms with Crippen LogP contribution in [0.25, 0.3) is 0 Å². The predicted octanol–water partition coefficient (Wildman–Crippen LogP) is 3.62. The van der Waals surface area contributed by atoms with Crippen molar-refractivity contribution in [3.05, 3.63) is 65.7 Å². The first-order valence-electron chi connectivity index (χ1n) is 7.60. The SMILES string of the molecule is CC(C)(CNC(=O)Cc1ccc(N)cc1)Cc1ccccc1.Cl. The van der Waals surface area contributed by atoms with Crippen LogP contribution in [0.4, 0.5) is 5.69 Å². The average Bonchev–Trinajstić information content (AvgIpc) is 2.48. The van der Waals surface area contributed by atoms with Gasteiger partial charge in [-0.1, -0.05) is 56.3 Å². The number of amides is 1. The van der Waals surface area contributed by atoms with Crippen molar-refractivity contribution in [3.8, 4) is 0 Å². The number of rotatable bonds is 6. The summed E-state index contributed by atoms with van der Waals surface area (Å²) in [6.07, 6.45) is 1.33. The monoisotopic (exact) mass is 332 g/mol. The van der Waals surface area contributed by atoms with Gasteiger partial charge in [0.05, 0.1) is 6.42 Å². The maximum Gasteiger partial charge on any atom is 0.224 e. The molecule has 0 heterocycles. The minimum atomic E-state index is 0. The lowest BCUT2D eigenvalue weighted by molar-refractivity contribution is -0.120. The smallest absolute Gasteiger partial charge is 0.224 e. The van der Waals surface area contributed by atoms with Crippen LogP contribution in [0.15, 0.2) is 54.6 Å². The van der Waals surface area contributed by atoms with Crippen molar-refractivity contribution in [1.29, 1.82) is 0 Å². The second kappa shape index (κ2) is 8.59. The molecule has 0 saturated carbocycles. The highest BCUT2D eigenvalue weighted by atomic mass is 35.5. The molecule has 4 heteroatoms. The fourth-order valence-electron chi connectivity index (χ4n) is 2.43. The molecule has 0 radical (unpaired) electrons. The van der Waals surface area contributed by atoms with Gasteiger partial charge in [0.25, 0.3) is 0 Å². The number of hydrogen-bond donors (Lipinski definition) is 2. The highest BCUT2D eigenvalue weighted by Gasteiger charge is 2.19. The molecule has 0 fully saturated rings. The summed E-state index contributed by atoms with van der Waals surface area (Å²) in [6.45, 7) is 5.00. The zero-order valence-corrected chi connectivity index (χ0v) is 14.5. The summed E-state index contributed by atoms with van der Waals surface area (Å²) in [7, 11) is 0. The summed E-state index contributed by atoms with van der Waals surface area (Å²) in [5.74, 6) is 0.0471. The van der Waals surface area contributed by atoms with Gasteiger partial charge in [-0.05, 0) is 35.1 Å². The molecule has 0 aliphatic rings. The molecule has 2 rings (SSSR count). The Bertz CT molecular complexity index is 609. The molecule has 0 aromatic heterocycles. The van der Waals surface area contributed by atoms with E-state index in [0.29, 0.717) is 18.7 Å².